The number of amides is 1. The summed E-state index contributed by atoms with van der Waals surface area (Å²) >= 11 is 0. The van der Waals surface area contributed by atoms with E-state index in [1.54, 1.807) is 12.4 Å². The largest absolute Gasteiger partial charge is 0.379 e. The molecular formula is C25H24N4O2. The van der Waals surface area contributed by atoms with Crippen molar-refractivity contribution in [2.75, 3.05) is 26.3 Å². The number of carbonyl (C=O) groups excluding carboxylic acids is 1. The Morgan fingerprint density at radius 3 is 2.81 bits per heavy atom. The monoisotopic (exact) mass is 412 g/mol. The van der Waals surface area contributed by atoms with Crippen molar-refractivity contribution in [1.29, 1.82) is 0 Å². The summed E-state index contributed by atoms with van der Waals surface area (Å²) in [6, 6.07) is 17.9. The van der Waals surface area contributed by atoms with Gasteiger partial charge in [0.25, 0.3) is 5.91 Å². The summed E-state index contributed by atoms with van der Waals surface area (Å²) in [7, 11) is 0. The summed E-state index contributed by atoms with van der Waals surface area (Å²) < 4.78 is 7.81. The predicted octanol–water partition coefficient (Wildman–Crippen LogP) is 3.73. The van der Waals surface area contributed by atoms with Crippen LogP contribution < -0.4 is 0 Å². The second-order valence-corrected chi connectivity index (χ2v) is 7.88. The van der Waals surface area contributed by atoms with E-state index in [2.05, 4.69) is 9.97 Å². The maximum atomic E-state index is 13.5. The van der Waals surface area contributed by atoms with Gasteiger partial charge < -0.3 is 14.0 Å². The van der Waals surface area contributed by atoms with E-state index in [0.29, 0.717) is 26.3 Å². The number of benzene rings is 2. The Bertz CT molecular complexity index is 1190. The van der Waals surface area contributed by atoms with Crippen LogP contribution in [0.1, 0.15) is 16.1 Å². The van der Waals surface area contributed by atoms with Crippen LogP contribution in [0.2, 0.25) is 0 Å². The fourth-order valence-corrected chi connectivity index (χ4v) is 4.17. The lowest BCUT2D eigenvalue weighted by Gasteiger charge is -2.24. The molecule has 0 spiro atoms. The molecule has 3 heterocycles. The number of hydrogen-bond acceptors (Lipinski definition) is 4. The van der Waals surface area contributed by atoms with E-state index < -0.39 is 0 Å². The Hall–Kier alpha value is -3.51. The maximum absolute atomic E-state index is 13.5. The van der Waals surface area contributed by atoms with E-state index >= 15 is 0 Å². The summed E-state index contributed by atoms with van der Waals surface area (Å²) in [6.07, 6.45) is 8.22. The molecule has 1 amide bonds. The maximum Gasteiger partial charge on any atom is 0.254 e. The van der Waals surface area contributed by atoms with Crippen LogP contribution in [0.4, 0.5) is 0 Å². The second-order valence-electron chi connectivity index (χ2n) is 7.88. The van der Waals surface area contributed by atoms with E-state index in [-0.39, 0.29) is 11.8 Å². The molecule has 6 nitrogen and oxygen atoms in total. The fraction of sp³-hybridized carbons (Fsp3) is 0.240. The molecular weight excluding hydrogens is 388 g/mol. The van der Waals surface area contributed by atoms with Crippen molar-refractivity contribution in [2.24, 2.45) is 5.92 Å². The highest BCUT2D eigenvalue weighted by Crippen LogP contribution is 2.25. The lowest BCUT2D eigenvalue weighted by Crippen LogP contribution is -2.36. The zero-order chi connectivity index (χ0) is 21.0. The van der Waals surface area contributed by atoms with Crippen LogP contribution in [0.25, 0.3) is 16.8 Å². The first-order valence-corrected chi connectivity index (χ1v) is 10.6. The van der Waals surface area contributed by atoms with Gasteiger partial charge in [0.15, 0.2) is 5.65 Å². The van der Waals surface area contributed by atoms with Gasteiger partial charge in [-0.15, -0.1) is 0 Å². The second kappa shape index (κ2) is 8.70. The van der Waals surface area contributed by atoms with Crippen LogP contribution in [-0.4, -0.2) is 51.5 Å². The first kappa shape index (κ1) is 19.5. The first-order valence-electron chi connectivity index (χ1n) is 10.6. The molecule has 1 aliphatic heterocycles. The number of fused-ring (bicyclic) bond motifs is 1. The molecule has 2 aromatic heterocycles. The Morgan fingerprint density at radius 2 is 1.90 bits per heavy atom. The molecule has 4 aromatic rings. The molecule has 156 valence electrons. The van der Waals surface area contributed by atoms with Gasteiger partial charge in [-0.3, -0.25) is 9.78 Å². The molecule has 2 aromatic carbocycles. The Labute approximate surface area is 181 Å². The molecule has 0 unspecified atom stereocenters. The van der Waals surface area contributed by atoms with Crippen LogP contribution in [0.15, 0.2) is 79.4 Å². The summed E-state index contributed by atoms with van der Waals surface area (Å²) in [5.74, 6) is 0.233. The summed E-state index contributed by atoms with van der Waals surface area (Å²) in [4.78, 5) is 24.2. The molecule has 5 rings (SSSR count). The highest BCUT2D eigenvalue weighted by molar-refractivity contribution is 6.00. The first-order chi connectivity index (χ1) is 15.3. The molecule has 1 fully saturated rings. The van der Waals surface area contributed by atoms with E-state index in [9.17, 15) is 4.79 Å². The van der Waals surface area contributed by atoms with Crippen LogP contribution in [0, 0.1) is 5.92 Å². The van der Waals surface area contributed by atoms with E-state index in [1.165, 1.54) is 0 Å². The molecule has 0 saturated carbocycles. The van der Waals surface area contributed by atoms with Gasteiger partial charge in [-0.25, -0.2) is 4.98 Å². The summed E-state index contributed by atoms with van der Waals surface area (Å²) in [5, 5.41) is 0. The number of imidazole rings is 1. The van der Waals surface area contributed by atoms with Crippen molar-refractivity contribution in [3.05, 3.63) is 90.6 Å². The third kappa shape index (κ3) is 4.20. The normalized spacial score (nSPS) is 16.9. The van der Waals surface area contributed by atoms with Gasteiger partial charge in [0.05, 0.1) is 25.1 Å². The Kier molecular flexibility index (Phi) is 5.46. The van der Waals surface area contributed by atoms with Gasteiger partial charge in [0.2, 0.25) is 0 Å². The minimum Gasteiger partial charge on any atom is -0.379 e. The molecule has 0 N–H and O–H groups in total. The molecule has 0 aliphatic carbocycles. The van der Waals surface area contributed by atoms with E-state index in [0.717, 1.165) is 34.5 Å². The molecule has 31 heavy (non-hydrogen) atoms. The lowest BCUT2D eigenvalue weighted by molar-refractivity contribution is 0.0738. The standard InChI is InChI=1S/C25H24N4O2/c30-25(23-9-5-4-8-22(23)20-6-2-1-3-7-20)29-12-13-31-18-19(16-29)14-21-17-28-11-10-26-24(28)15-27-21/h1-11,15,17,19H,12-14,16,18H2/t19-/m1/s1. The topological polar surface area (TPSA) is 59.7 Å². The molecule has 1 aliphatic rings. The summed E-state index contributed by atoms with van der Waals surface area (Å²) in [6.45, 7) is 2.40. The van der Waals surface area contributed by atoms with Gasteiger partial charge in [-0.05, 0) is 23.6 Å². The van der Waals surface area contributed by atoms with Gasteiger partial charge in [0, 0.05) is 43.2 Å². The molecule has 0 radical (unpaired) electrons. The van der Waals surface area contributed by atoms with Crippen molar-refractivity contribution in [3.8, 4) is 11.1 Å². The summed E-state index contributed by atoms with van der Waals surface area (Å²) in [5.41, 5.74) is 4.54. The van der Waals surface area contributed by atoms with Crippen molar-refractivity contribution in [1.82, 2.24) is 19.3 Å². The van der Waals surface area contributed by atoms with Crippen LogP contribution in [-0.2, 0) is 11.2 Å². The predicted molar refractivity (Wildman–Crippen MR) is 119 cm³/mol. The van der Waals surface area contributed by atoms with Gasteiger partial charge in [0.1, 0.15) is 0 Å². The van der Waals surface area contributed by atoms with Crippen LogP contribution >= 0.6 is 0 Å². The van der Waals surface area contributed by atoms with Crippen molar-refractivity contribution < 1.29 is 9.53 Å². The number of ether oxygens (including phenoxy) is 1. The van der Waals surface area contributed by atoms with Crippen molar-refractivity contribution in [3.63, 3.8) is 0 Å². The molecule has 1 atom stereocenters. The van der Waals surface area contributed by atoms with Crippen LogP contribution in [0.5, 0.6) is 0 Å². The van der Waals surface area contributed by atoms with Crippen molar-refractivity contribution >= 4 is 11.6 Å². The smallest absolute Gasteiger partial charge is 0.254 e. The highest BCUT2D eigenvalue weighted by atomic mass is 16.5. The fourth-order valence-electron chi connectivity index (χ4n) is 4.17. The Morgan fingerprint density at radius 1 is 1.06 bits per heavy atom. The minimum atomic E-state index is 0.0490. The third-order valence-electron chi connectivity index (χ3n) is 5.70. The third-order valence-corrected chi connectivity index (χ3v) is 5.70. The quantitative estimate of drug-likeness (QED) is 0.513. The van der Waals surface area contributed by atoms with Gasteiger partial charge in [-0.2, -0.15) is 0 Å². The number of nitrogens with zero attached hydrogens (tertiary/aromatic N) is 4. The molecule has 1 saturated heterocycles. The average Bonchev–Trinajstić information content (AvgIpc) is 3.16. The number of aromatic nitrogens is 3. The van der Waals surface area contributed by atoms with Crippen molar-refractivity contribution in [2.45, 2.75) is 6.42 Å². The lowest BCUT2D eigenvalue weighted by atomic mass is 9.98. The van der Waals surface area contributed by atoms with Gasteiger partial charge >= 0.3 is 0 Å². The number of rotatable bonds is 4. The highest BCUT2D eigenvalue weighted by Gasteiger charge is 2.25. The zero-order valence-corrected chi connectivity index (χ0v) is 17.2. The Balaban J connectivity index is 1.37. The molecule has 0 bridgehead atoms. The average molecular weight is 412 g/mol. The molecule has 6 heteroatoms. The van der Waals surface area contributed by atoms with Gasteiger partial charge in [-0.1, -0.05) is 48.5 Å². The zero-order valence-electron chi connectivity index (χ0n) is 17.2. The SMILES string of the molecule is O=C(c1ccccc1-c1ccccc1)N1CCOC[C@H](Cc2cn3ccnc3cn2)C1. The minimum absolute atomic E-state index is 0.0490. The number of carbonyl (C=O) groups is 1. The number of hydrogen-bond donors (Lipinski definition) is 0. The van der Waals surface area contributed by atoms with Crippen LogP contribution in [0.3, 0.4) is 0 Å². The van der Waals surface area contributed by atoms with E-state index in [4.69, 9.17) is 4.74 Å². The van der Waals surface area contributed by atoms with E-state index in [1.807, 2.05) is 76.3 Å².